The van der Waals surface area contributed by atoms with E-state index in [1.165, 1.54) is 35.2 Å². The summed E-state index contributed by atoms with van der Waals surface area (Å²) in [6.45, 7) is -0.277. The number of nitrogens with one attached hydrogen (secondary N) is 1. The molecule has 0 unspecified atom stereocenters. The number of hydrogen-bond donors (Lipinski definition) is 1. The average Bonchev–Trinajstić information content (AvgIpc) is 3.42. The van der Waals surface area contributed by atoms with Crippen molar-refractivity contribution < 1.29 is 18.3 Å². The number of aromatic nitrogens is 2. The number of anilines is 1. The van der Waals surface area contributed by atoms with Crippen LogP contribution >= 0.6 is 31.9 Å². The summed E-state index contributed by atoms with van der Waals surface area (Å²) in [6.07, 6.45) is 1.52. The third-order valence-electron chi connectivity index (χ3n) is 6.22. The molecule has 0 bridgehead atoms. The first-order chi connectivity index (χ1) is 20.4. The van der Waals surface area contributed by atoms with Crippen LogP contribution in [0.3, 0.4) is 0 Å². The molecule has 0 fully saturated rings. The highest BCUT2D eigenvalue weighted by Gasteiger charge is 2.17. The fourth-order valence-corrected chi connectivity index (χ4v) is 5.72. The molecule has 6 rings (SSSR count). The summed E-state index contributed by atoms with van der Waals surface area (Å²) in [4.78, 5) is 30.5. The SMILES string of the molecule is O=C(COc1c(Br)cc(C=Nn2c(-c3cc4ccccc4o3)nc3ccccc3c2=O)cc1Br)Nc1ccc(F)cc1. The van der Waals surface area contributed by atoms with E-state index in [1.54, 1.807) is 30.3 Å². The van der Waals surface area contributed by atoms with Gasteiger partial charge in [-0.15, -0.1) is 0 Å². The summed E-state index contributed by atoms with van der Waals surface area (Å²) in [5.74, 6) is 0.257. The number of benzene rings is 4. The summed E-state index contributed by atoms with van der Waals surface area (Å²) in [5.41, 5.74) is 1.93. The second-order valence-electron chi connectivity index (χ2n) is 9.12. The minimum absolute atomic E-state index is 0.261. The van der Waals surface area contributed by atoms with Crippen LogP contribution < -0.4 is 15.6 Å². The predicted octanol–water partition coefficient (Wildman–Crippen LogP) is 7.37. The van der Waals surface area contributed by atoms with E-state index in [4.69, 9.17) is 14.1 Å². The largest absolute Gasteiger partial charge is 0.481 e. The fourth-order valence-electron chi connectivity index (χ4n) is 4.27. The molecule has 0 saturated carbocycles. The van der Waals surface area contributed by atoms with E-state index >= 15 is 0 Å². The number of fused-ring (bicyclic) bond motifs is 2. The summed E-state index contributed by atoms with van der Waals surface area (Å²) in [6, 6.07) is 25.3. The van der Waals surface area contributed by atoms with Crippen molar-refractivity contribution in [2.24, 2.45) is 5.10 Å². The van der Waals surface area contributed by atoms with Crippen LogP contribution in [0, 0.1) is 5.82 Å². The van der Waals surface area contributed by atoms with Crippen molar-refractivity contribution in [1.29, 1.82) is 0 Å². The smallest absolute Gasteiger partial charge is 0.282 e. The number of carbonyl (C=O) groups excluding carboxylic acids is 1. The Kier molecular flexibility index (Phi) is 7.68. The molecule has 0 aliphatic carbocycles. The maximum atomic E-state index is 13.5. The Morgan fingerprint density at radius 3 is 2.48 bits per heavy atom. The Hall–Kier alpha value is -4.61. The summed E-state index contributed by atoms with van der Waals surface area (Å²) >= 11 is 6.96. The van der Waals surface area contributed by atoms with Gasteiger partial charge in [-0.05, 0) is 98.1 Å². The van der Waals surface area contributed by atoms with Crippen LogP contribution in [0.15, 0.2) is 114 Å². The molecule has 0 radical (unpaired) electrons. The molecule has 0 spiro atoms. The van der Waals surface area contributed by atoms with Gasteiger partial charge in [-0.3, -0.25) is 9.59 Å². The minimum atomic E-state index is -0.410. The van der Waals surface area contributed by atoms with Gasteiger partial charge in [0, 0.05) is 11.1 Å². The van der Waals surface area contributed by atoms with E-state index in [2.05, 4.69) is 42.3 Å². The monoisotopic (exact) mass is 688 g/mol. The summed E-state index contributed by atoms with van der Waals surface area (Å²) in [7, 11) is 0. The Bertz CT molecular complexity index is 2000. The van der Waals surface area contributed by atoms with E-state index in [-0.39, 0.29) is 18.0 Å². The predicted molar refractivity (Wildman–Crippen MR) is 167 cm³/mol. The zero-order valence-electron chi connectivity index (χ0n) is 21.6. The number of furan rings is 1. The Balaban J connectivity index is 1.28. The maximum absolute atomic E-state index is 13.5. The quantitative estimate of drug-likeness (QED) is 0.177. The van der Waals surface area contributed by atoms with Gasteiger partial charge in [-0.25, -0.2) is 9.37 Å². The minimum Gasteiger partial charge on any atom is -0.481 e. The number of para-hydroxylation sites is 2. The lowest BCUT2D eigenvalue weighted by Crippen LogP contribution is -2.20. The molecular formula is C31H19Br2FN4O4. The van der Waals surface area contributed by atoms with Gasteiger partial charge in [0.2, 0.25) is 5.82 Å². The molecule has 11 heteroatoms. The lowest BCUT2D eigenvalue weighted by Gasteiger charge is -2.12. The molecule has 6 aromatic rings. The molecule has 1 amide bonds. The Morgan fingerprint density at radius 2 is 1.71 bits per heavy atom. The van der Waals surface area contributed by atoms with Gasteiger partial charge in [-0.2, -0.15) is 9.78 Å². The zero-order chi connectivity index (χ0) is 29.2. The highest BCUT2D eigenvalue weighted by Crippen LogP contribution is 2.34. The number of halogens is 3. The number of hydrogen-bond acceptors (Lipinski definition) is 6. The van der Waals surface area contributed by atoms with E-state index in [0.717, 1.165) is 5.39 Å². The molecule has 8 nitrogen and oxygen atoms in total. The maximum Gasteiger partial charge on any atom is 0.282 e. The highest BCUT2D eigenvalue weighted by molar-refractivity contribution is 9.11. The standard InChI is InChI=1S/C31H19Br2FN4O4/c32-23-13-18(14-24(33)29(23)41-17-28(39)36-21-11-9-20(34)10-12-21)16-35-38-30(27-15-19-5-1-4-8-26(19)42-27)37-25-7-3-2-6-22(25)31(38)40/h1-16H,17H2,(H,36,39). The molecule has 42 heavy (non-hydrogen) atoms. The second kappa shape index (κ2) is 11.7. The number of amides is 1. The normalized spacial score (nSPS) is 11.4. The first-order valence-corrected chi connectivity index (χ1v) is 14.2. The van der Waals surface area contributed by atoms with Crippen molar-refractivity contribution in [2.75, 3.05) is 11.9 Å². The van der Waals surface area contributed by atoms with E-state index in [1.807, 2.05) is 36.4 Å². The van der Waals surface area contributed by atoms with E-state index in [0.29, 0.717) is 48.2 Å². The fraction of sp³-hybridized carbons (Fsp3) is 0.0323. The van der Waals surface area contributed by atoms with Gasteiger partial charge in [-0.1, -0.05) is 30.3 Å². The van der Waals surface area contributed by atoms with Crippen molar-refractivity contribution in [2.45, 2.75) is 0 Å². The molecule has 208 valence electrons. The molecule has 4 aromatic carbocycles. The first-order valence-electron chi connectivity index (χ1n) is 12.6. The number of ether oxygens (including phenoxy) is 1. The van der Waals surface area contributed by atoms with Gasteiger partial charge in [0.25, 0.3) is 11.5 Å². The molecule has 0 aliphatic rings. The summed E-state index contributed by atoms with van der Waals surface area (Å²) in [5, 5.41) is 8.43. The molecule has 2 heterocycles. The lowest BCUT2D eigenvalue weighted by molar-refractivity contribution is -0.118. The van der Waals surface area contributed by atoms with Crippen LogP contribution in [0.4, 0.5) is 10.1 Å². The van der Waals surface area contributed by atoms with Gasteiger partial charge in [0.1, 0.15) is 17.1 Å². The van der Waals surface area contributed by atoms with Crippen molar-refractivity contribution in [3.63, 3.8) is 0 Å². The molecule has 0 saturated heterocycles. The Morgan fingerprint density at radius 1 is 1.00 bits per heavy atom. The molecular weight excluding hydrogens is 671 g/mol. The van der Waals surface area contributed by atoms with E-state index < -0.39 is 11.7 Å². The second-order valence-corrected chi connectivity index (χ2v) is 10.8. The van der Waals surface area contributed by atoms with Crippen LogP contribution in [-0.4, -0.2) is 28.4 Å². The summed E-state index contributed by atoms with van der Waals surface area (Å²) < 4.78 is 27.2. The molecule has 0 aliphatic heterocycles. The first kappa shape index (κ1) is 27.6. The highest BCUT2D eigenvalue weighted by atomic mass is 79.9. The van der Waals surface area contributed by atoms with E-state index in [9.17, 15) is 14.0 Å². The number of nitrogens with zero attached hydrogens (tertiary/aromatic N) is 3. The van der Waals surface area contributed by atoms with Gasteiger partial charge < -0.3 is 14.5 Å². The zero-order valence-corrected chi connectivity index (χ0v) is 24.7. The molecule has 1 N–H and O–H groups in total. The third kappa shape index (κ3) is 5.74. The van der Waals surface area contributed by atoms with Crippen molar-refractivity contribution in [3.05, 3.63) is 122 Å². The molecule has 0 atom stereocenters. The van der Waals surface area contributed by atoms with Crippen LogP contribution in [0.25, 0.3) is 33.5 Å². The van der Waals surface area contributed by atoms with Crippen LogP contribution in [0.5, 0.6) is 5.75 Å². The van der Waals surface area contributed by atoms with Crippen molar-refractivity contribution in [1.82, 2.24) is 9.66 Å². The van der Waals surface area contributed by atoms with Crippen molar-refractivity contribution in [3.8, 4) is 17.3 Å². The third-order valence-corrected chi connectivity index (χ3v) is 7.40. The lowest BCUT2D eigenvalue weighted by atomic mass is 10.2. The van der Waals surface area contributed by atoms with Crippen molar-refractivity contribution >= 4 is 71.5 Å². The number of carbonyl (C=O) groups is 1. The van der Waals surface area contributed by atoms with Gasteiger partial charge in [0.05, 0.1) is 26.1 Å². The van der Waals surface area contributed by atoms with Gasteiger partial charge in [0.15, 0.2) is 12.4 Å². The number of rotatable bonds is 7. The van der Waals surface area contributed by atoms with Crippen LogP contribution in [-0.2, 0) is 4.79 Å². The molecule has 2 aromatic heterocycles. The topological polar surface area (TPSA) is 98.7 Å². The van der Waals surface area contributed by atoms with Gasteiger partial charge >= 0.3 is 0 Å². The van der Waals surface area contributed by atoms with Crippen LogP contribution in [0.1, 0.15) is 5.56 Å². The van der Waals surface area contributed by atoms with Crippen LogP contribution in [0.2, 0.25) is 0 Å². The Labute approximate surface area is 254 Å². The average molecular weight is 690 g/mol.